The number of benzene rings is 1. The van der Waals surface area contributed by atoms with Gasteiger partial charge in [-0.25, -0.2) is 4.98 Å². The van der Waals surface area contributed by atoms with Crippen molar-refractivity contribution in [3.63, 3.8) is 0 Å². The highest BCUT2D eigenvalue weighted by Crippen LogP contribution is 2.20. The minimum atomic E-state index is -0.211. The summed E-state index contributed by atoms with van der Waals surface area (Å²) in [5.74, 6) is 1.37. The SMILES string of the molecule is COc1cccc(NC(=O)c2cccc(N3CCCCC3)n2)c1. The number of aromatic nitrogens is 1. The van der Waals surface area contributed by atoms with Crippen molar-refractivity contribution in [2.24, 2.45) is 0 Å². The molecule has 5 heteroatoms. The predicted octanol–water partition coefficient (Wildman–Crippen LogP) is 3.33. The lowest BCUT2D eigenvalue weighted by molar-refractivity contribution is 0.102. The molecule has 3 rings (SSSR count). The van der Waals surface area contributed by atoms with Crippen molar-refractivity contribution in [1.29, 1.82) is 0 Å². The zero-order valence-electron chi connectivity index (χ0n) is 13.3. The molecule has 1 aliphatic rings. The lowest BCUT2D eigenvalue weighted by Gasteiger charge is -2.27. The monoisotopic (exact) mass is 311 g/mol. The summed E-state index contributed by atoms with van der Waals surface area (Å²) in [6.45, 7) is 2.02. The van der Waals surface area contributed by atoms with Gasteiger partial charge in [0.05, 0.1) is 7.11 Å². The van der Waals surface area contributed by atoms with Crippen LogP contribution < -0.4 is 15.0 Å². The van der Waals surface area contributed by atoms with E-state index in [0.717, 1.165) is 18.9 Å². The fraction of sp³-hybridized carbons (Fsp3) is 0.333. The molecule has 23 heavy (non-hydrogen) atoms. The number of nitrogens with zero attached hydrogens (tertiary/aromatic N) is 2. The fourth-order valence-corrected chi connectivity index (χ4v) is 2.74. The Bertz CT molecular complexity index is 681. The molecular formula is C18H21N3O2. The van der Waals surface area contributed by atoms with E-state index in [1.165, 1.54) is 19.3 Å². The number of rotatable bonds is 4. The Labute approximate surface area is 136 Å². The first-order chi connectivity index (χ1) is 11.3. The second-order valence-corrected chi connectivity index (χ2v) is 5.61. The smallest absolute Gasteiger partial charge is 0.274 e. The summed E-state index contributed by atoms with van der Waals surface area (Å²) in [6.07, 6.45) is 3.64. The molecule has 1 fully saturated rings. The highest BCUT2D eigenvalue weighted by atomic mass is 16.5. The Hall–Kier alpha value is -2.56. The average Bonchev–Trinajstić information content (AvgIpc) is 2.63. The van der Waals surface area contributed by atoms with Crippen LogP contribution in [0.2, 0.25) is 0 Å². The van der Waals surface area contributed by atoms with E-state index in [1.54, 1.807) is 19.2 Å². The fourth-order valence-electron chi connectivity index (χ4n) is 2.74. The normalized spacial score (nSPS) is 14.4. The van der Waals surface area contributed by atoms with Crippen molar-refractivity contribution in [2.75, 3.05) is 30.4 Å². The lowest BCUT2D eigenvalue weighted by Crippen LogP contribution is -2.30. The molecule has 0 aliphatic carbocycles. The van der Waals surface area contributed by atoms with Gasteiger partial charge in [0, 0.05) is 24.8 Å². The molecule has 0 atom stereocenters. The predicted molar refractivity (Wildman–Crippen MR) is 91.2 cm³/mol. The summed E-state index contributed by atoms with van der Waals surface area (Å²) >= 11 is 0. The highest BCUT2D eigenvalue weighted by Gasteiger charge is 2.14. The third kappa shape index (κ3) is 3.80. The van der Waals surface area contributed by atoms with Crippen molar-refractivity contribution in [2.45, 2.75) is 19.3 Å². The Morgan fingerprint density at radius 3 is 2.70 bits per heavy atom. The van der Waals surface area contributed by atoms with Crippen molar-refractivity contribution in [3.05, 3.63) is 48.2 Å². The third-order valence-electron chi connectivity index (χ3n) is 3.97. The number of carbonyl (C=O) groups is 1. The third-order valence-corrected chi connectivity index (χ3v) is 3.97. The number of carbonyl (C=O) groups excluding carboxylic acids is 1. The number of ether oxygens (including phenoxy) is 1. The first-order valence-electron chi connectivity index (χ1n) is 7.94. The van der Waals surface area contributed by atoms with E-state index in [4.69, 9.17) is 4.74 Å². The van der Waals surface area contributed by atoms with E-state index in [1.807, 2.05) is 30.3 Å². The maximum atomic E-state index is 12.4. The summed E-state index contributed by atoms with van der Waals surface area (Å²) in [5, 5.41) is 2.86. The van der Waals surface area contributed by atoms with Crippen LogP contribution in [0.3, 0.4) is 0 Å². The molecule has 120 valence electrons. The Morgan fingerprint density at radius 1 is 1.13 bits per heavy atom. The number of anilines is 2. The molecule has 1 saturated heterocycles. The summed E-state index contributed by atoms with van der Waals surface area (Å²) in [4.78, 5) is 19.2. The minimum Gasteiger partial charge on any atom is -0.497 e. The van der Waals surface area contributed by atoms with Crippen LogP contribution in [0.15, 0.2) is 42.5 Å². The molecule has 2 heterocycles. The molecule has 0 bridgehead atoms. The maximum absolute atomic E-state index is 12.4. The zero-order chi connectivity index (χ0) is 16.1. The molecule has 1 N–H and O–H groups in total. The Balaban J connectivity index is 1.74. The second-order valence-electron chi connectivity index (χ2n) is 5.61. The molecule has 0 radical (unpaired) electrons. The van der Waals surface area contributed by atoms with Gasteiger partial charge < -0.3 is 15.0 Å². The average molecular weight is 311 g/mol. The topological polar surface area (TPSA) is 54.5 Å². The molecule has 0 saturated carbocycles. The molecule has 0 unspecified atom stereocenters. The standard InChI is InChI=1S/C18H21N3O2/c1-23-15-8-5-7-14(13-15)19-18(22)16-9-6-10-17(20-16)21-11-3-2-4-12-21/h5-10,13H,2-4,11-12H2,1H3,(H,19,22). The summed E-state index contributed by atoms with van der Waals surface area (Å²) in [5.41, 5.74) is 1.12. The van der Waals surface area contributed by atoms with E-state index in [2.05, 4.69) is 15.2 Å². The van der Waals surface area contributed by atoms with Gasteiger partial charge in [-0.2, -0.15) is 0 Å². The number of hydrogen-bond donors (Lipinski definition) is 1. The van der Waals surface area contributed by atoms with Crippen LogP contribution in [-0.4, -0.2) is 31.1 Å². The molecule has 2 aromatic rings. The summed E-state index contributed by atoms with van der Waals surface area (Å²) in [7, 11) is 1.60. The van der Waals surface area contributed by atoms with Gasteiger partial charge in [0.25, 0.3) is 5.91 Å². The number of methoxy groups -OCH3 is 1. The van der Waals surface area contributed by atoms with Crippen LogP contribution in [-0.2, 0) is 0 Å². The largest absolute Gasteiger partial charge is 0.497 e. The van der Waals surface area contributed by atoms with Gasteiger partial charge >= 0.3 is 0 Å². The highest BCUT2D eigenvalue weighted by molar-refractivity contribution is 6.03. The van der Waals surface area contributed by atoms with Gasteiger partial charge in [-0.1, -0.05) is 12.1 Å². The van der Waals surface area contributed by atoms with Crippen molar-refractivity contribution in [3.8, 4) is 5.75 Å². The number of hydrogen-bond acceptors (Lipinski definition) is 4. The maximum Gasteiger partial charge on any atom is 0.274 e. The van der Waals surface area contributed by atoms with Gasteiger partial charge in [-0.15, -0.1) is 0 Å². The number of nitrogens with one attached hydrogen (secondary N) is 1. The Kier molecular flexibility index (Phi) is 4.76. The first-order valence-corrected chi connectivity index (χ1v) is 7.94. The number of pyridine rings is 1. The van der Waals surface area contributed by atoms with Crippen LogP contribution in [0.25, 0.3) is 0 Å². The van der Waals surface area contributed by atoms with E-state index >= 15 is 0 Å². The van der Waals surface area contributed by atoms with Gasteiger partial charge in [0.1, 0.15) is 17.3 Å². The molecule has 1 aliphatic heterocycles. The molecule has 1 aromatic carbocycles. The van der Waals surface area contributed by atoms with Gasteiger partial charge in [0.2, 0.25) is 0 Å². The van der Waals surface area contributed by atoms with Gasteiger partial charge in [-0.3, -0.25) is 4.79 Å². The van der Waals surface area contributed by atoms with E-state index in [-0.39, 0.29) is 5.91 Å². The van der Waals surface area contributed by atoms with Crippen molar-refractivity contribution in [1.82, 2.24) is 4.98 Å². The zero-order valence-corrected chi connectivity index (χ0v) is 13.3. The van der Waals surface area contributed by atoms with E-state index < -0.39 is 0 Å². The minimum absolute atomic E-state index is 0.211. The molecule has 0 spiro atoms. The Morgan fingerprint density at radius 2 is 1.91 bits per heavy atom. The second kappa shape index (κ2) is 7.13. The summed E-state index contributed by atoms with van der Waals surface area (Å²) in [6, 6.07) is 12.9. The van der Waals surface area contributed by atoms with E-state index in [0.29, 0.717) is 17.1 Å². The number of amides is 1. The van der Waals surface area contributed by atoms with Crippen LogP contribution in [0.4, 0.5) is 11.5 Å². The summed E-state index contributed by atoms with van der Waals surface area (Å²) < 4.78 is 5.17. The lowest BCUT2D eigenvalue weighted by atomic mass is 10.1. The molecule has 1 aromatic heterocycles. The van der Waals surface area contributed by atoms with Crippen LogP contribution in [0, 0.1) is 0 Å². The van der Waals surface area contributed by atoms with Crippen LogP contribution in [0.1, 0.15) is 29.8 Å². The van der Waals surface area contributed by atoms with Crippen molar-refractivity contribution < 1.29 is 9.53 Å². The van der Waals surface area contributed by atoms with E-state index in [9.17, 15) is 4.79 Å². The van der Waals surface area contributed by atoms with Crippen molar-refractivity contribution >= 4 is 17.4 Å². The van der Waals surface area contributed by atoms with Crippen LogP contribution in [0.5, 0.6) is 5.75 Å². The first kappa shape index (κ1) is 15.3. The quantitative estimate of drug-likeness (QED) is 0.941. The number of piperidine rings is 1. The molecular weight excluding hydrogens is 290 g/mol. The molecule has 5 nitrogen and oxygen atoms in total. The van der Waals surface area contributed by atoms with Gasteiger partial charge in [-0.05, 0) is 43.5 Å². The molecule has 1 amide bonds. The van der Waals surface area contributed by atoms with Gasteiger partial charge in [0.15, 0.2) is 0 Å². The van der Waals surface area contributed by atoms with Crippen LogP contribution >= 0.6 is 0 Å².